The average Bonchev–Trinajstić information content (AvgIpc) is 2.20. The zero-order valence-electron chi connectivity index (χ0n) is 9.03. The van der Waals surface area contributed by atoms with E-state index in [1.54, 1.807) is 0 Å². The van der Waals surface area contributed by atoms with E-state index in [4.69, 9.17) is 5.73 Å². The fourth-order valence-corrected chi connectivity index (χ4v) is 2.45. The number of nitrogen functional groups attached to an aromatic ring is 1. The van der Waals surface area contributed by atoms with Crippen molar-refractivity contribution in [1.82, 2.24) is 0 Å². The Morgan fingerprint density at radius 1 is 1.44 bits per heavy atom. The van der Waals surface area contributed by atoms with Gasteiger partial charge < -0.3 is 5.73 Å². The summed E-state index contributed by atoms with van der Waals surface area (Å²) in [4.78, 5) is 0. The first-order chi connectivity index (χ1) is 7.44. The molecule has 0 bridgehead atoms. The van der Waals surface area contributed by atoms with Crippen molar-refractivity contribution in [1.29, 1.82) is 0 Å². The van der Waals surface area contributed by atoms with Crippen LogP contribution in [0.4, 0.5) is 15.8 Å². The van der Waals surface area contributed by atoms with Crippen molar-refractivity contribution in [3.63, 3.8) is 0 Å². The van der Waals surface area contributed by atoms with E-state index in [0.29, 0.717) is 6.42 Å². The Kier molecular flexibility index (Phi) is 4.12. The Morgan fingerprint density at radius 2 is 2.12 bits per heavy atom. The van der Waals surface area contributed by atoms with Crippen LogP contribution in [-0.4, -0.2) is 14.2 Å². The minimum Gasteiger partial charge on any atom is -0.397 e. The highest BCUT2D eigenvalue weighted by atomic mass is 32.2. The summed E-state index contributed by atoms with van der Waals surface area (Å²) in [5, 5.41) is 0. The molecule has 4 nitrogen and oxygen atoms in total. The molecule has 0 spiro atoms. The van der Waals surface area contributed by atoms with E-state index in [1.165, 1.54) is 12.1 Å². The van der Waals surface area contributed by atoms with Crippen molar-refractivity contribution in [2.75, 3.05) is 16.2 Å². The quantitative estimate of drug-likeness (QED) is 0.780. The smallest absolute Gasteiger partial charge is 0.232 e. The summed E-state index contributed by atoms with van der Waals surface area (Å²) in [6, 6.07) is 3.57. The van der Waals surface area contributed by atoms with Gasteiger partial charge in [0.25, 0.3) is 0 Å². The number of hydrogen-bond acceptors (Lipinski definition) is 3. The van der Waals surface area contributed by atoms with Crippen LogP contribution in [0.1, 0.15) is 19.8 Å². The average molecular weight is 246 g/mol. The Morgan fingerprint density at radius 3 is 2.75 bits per heavy atom. The van der Waals surface area contributed by atoms with E-state index in [2.05, 4.69) is 4.72 Å². The van der Waals surface area contributed by atoms with Gasteiger partial charge in [0.1, 0.15) is 5.82 Å². The molecular formula is C10H15FN2O2S. The molecule has 16 heavy (non-hydrogen) atoms. The Labute approximate surface area is 94.7 Å². The van der Waals surface area contributed by atoms with E-state index in [9.17, 15) is 12.8 Å². The molecule has 6 heteroatoms. The largest absolute Gasteiger partial charge is 0.397 e. The molecule has 3 N–H and O–H groups in total. The van der Waals surface area contributed by atoms with Crippen molar-refractivity contribution in [3.8, 4) is 0 Å². The maximum absolute atomic E-state index is 12.9. The second-order valence-corrected chi connectivity index (χ2v) is 5.35. The monoisotopic (exact) mass is 246 g/mol. The van der Waals surface area contributed by atoms with Gasteiger partial charge in [-0.25, -0.2) is 12.8 Å². The summed E-state index contributed by atoms with van der Waals surface area (Å²) in [5.41, 5.74) is 5.83. The van der Waals surface area contributed by atoms with Gasteiger partial charge in [0, 0.05) is 6.07 Å². The molecule has 0 aliphatic rings. The van der Waals surface area contributed by atoms with Crippen molar-refractivity contribution >= 4 is 21.4 Å². The molecule has 0 aliphatic heterocycles. The fourth-order valence-electron chi connectivity index (χ4n) is 1.17. The van der Waals surface area contributed by atoms with Gasteiger partial charge in [-0.1, -0.05) is 13.3 Å². The zero-order valence-corrected chi connectivity index (χ0v) is 9.85. The molecule has 0 aromatic heterocycles. The molecule has 0 fully saturated rings. The summed E-state index contributed by atoms with van der Waals surface area (Å²) < 4.78 is 38.2. The van der Waals surface area contributed by atoms with Crippen LogP contribution >= 0.6 is 0 Å². The third kappa shape index (κ3) is 3.69. The predicted octanol–water partition coefficient (Wildman–Crippen LogP) is 1.95. The number of benzene rings is 1. The van der Waals surface area contributed by atoms with Crippen LogP contribution in [0.2, 0.25) is 0 Å². The number of sulfonamides is 1. The maximum Gasteiger partial charge on any atom is 0.232 e. The van der Waals surface area contributed by atoms with Crippen LogP contribution in [0.3, 0.4) is 0 Å². The van der Waals surface area contributed by atoms with Gasteiger partial charge in [-0.15, -0.1) is 0 Å². The molecule has 0 unspecified atom stereocenters. The summed E-state index contributed by atoms with van der Waals surface area (Å²) >= 11 is 0. The molecule has 0 heterocycles. The first-order valence-corrected chi connectivity index (χ1v) is 6.65. The van der Waals surface area contributed by atoms with Crippen LogP contribution in [-0.2, 0) is 10.0 Å². The molecule has 1 aromatic rings. The lowest BCUT2D eigenvalue weighted by Gasteiger charge is -2.09. The minimum atomic E-state index is -3.43. The van der Waals surface area contributed by atoms with Crippen LogP contribution in [0.25, 0.3) is 0 Å². The second-order valence-electron chi connectivity index (χ2n) is 3.51. The van der Waals surface area contributed by atoms with Crippen molar-refractivity contribution in [2.24, 2.45) is 0 Å². The molecule has 1 aromatic carbocycles. The Balaban J connectivity index is 2.83. The highest BCUT2D eigenvalue weighted by Crippen LogP contribution is 2.20. The highest BCUT2D eigenvalue weighted by Gasteiger charge is 2.11. The number of hydrogen-bond donors (Lipinski definition) is 2. The molecule has 90 valence electrons. The lowest BCUT2D eigenvalue weighted by Crippen LogP contribution is -2.17. The van der Waals surface area contributed by atoms with E-state index < -0.39 is 15.8 Å². The number of nitrogens with one attached hydrogen (secondary N) is 1. The number of rotatable bonds is 5. The van der Waals surface area contributed by atoms with E-state index in [0.717, 1.165) is 12.5 Å². The van der Waals surface area contributed by atoms with Gasteiger partial charge in [0.15, 0.2) is 0 Å². The molecule has 0 saturated carbocycles. The van der Waals surface area contributed by atoms with E-state index in [1.807, 2.05) is 6.92 Å². The predicted molar refractivity (Wildman–Crippen MR) is 63.1 cm³/mol. The fraction of sp³-hybridized carbons (Fsp3) is 0.400. The SMILES string of the molecule is CCCCS(=O)(=O)Nc1cc(F)ccc1N. The normalized spacial score (nSPS) is 11.4. The number of nitrogens with two attached hydrogens (primary N) is 1. The third-order valence-electron chi connectivity index (χ3n) is 2.05. The van der Waals surface area contributed by atoms with Gasteiger partial charge >= 0.3 is 0 Å². The Bertz CT molecular complexity index is 460. The number of anilines is 2. The highest BCUT2D eigenvalue weighted by molar-refractivity contribution is 7.92. The van der Waals surface area contributed by atoms with E-state index in [-0.39, 0.29) is 17.1 Å². The molecule has 0 amide bonds. The summed E-state index contributed by atoms with van der Waals surface area (Å²) in [5.74, 6) is -0.512. The zero-order chi connectivity index (χ0) is 12.2. The molecule has 0 saturated heterocycles. The van der Waals surface area contributed by atoms with Crippen LogP contribution in [0.15, 0.2) is 18.2 Å². The molecule has 0 atom stereocenters. The van der Waals surface area contributed by atoms with Gasteiger partial charge in [0.2, 0.25) is 10.0 Å². The summed E-state index contributed by atoms with van der Waals surface area (Å²) in [6.45, 7) is 1.89. The van der Waals surface area contributed by atoms with Crippen LogP contribution < -0.4 is 10.5 Å². The third-order valence-corrected chi connectivity index (χ3v) is 3.40. The topological polar surface area (TPSA) is 72.2 Å². The Hall–Kier alpha value is -1.30. The van der Waals surface area contributed by atoms with Gasteiger partial charge in [-0.2, -0.15) is 0 Å². The molecule has 1 rings (SSSR count). The molecular weight excluding hydrogens is 231 g/mol. The van der Waals surface area contributed by atoms with Gasteiger partial charge in [0.05, 0.1) is 17.1 Å². The lowest BCUT2D eigenvalue weighted by molar-refractivity contribution is 0.597. The van der Waals surface area contributed by atoms with Crippen LogP contribution in [0.5, 0.6) is 0 Å². The lowest BCUT2D eigenvalue weighted by atomic mass is 10.3. The maximum atomic E-state index is 12.9. The van der Waals surface area contributed by atoms with Gasteiger partial charge in [-0.3, -0.25) is 4.72 Å². The first kappa shape index (κ1) is 12.8. The molecule has 0 aliphatic carbocycles. The van der Waals surface area contributed by atoms with Crippen LogP contribution in [0, 0.1) is 5.82 Å². The summed E-state index contributed by atoms with van der Waals surface area (Å²) in [7, 11) is -3.43. The van der Waals surface area contributed by atoms with E-state index >= 15 is 0 Å². The number of halogens is 1. The number of unbranched alkanes of at least 4 members (excludes halogenated alkanes) is 1. The summed E-state index contributed by atoms with van der Waals surface area (Å²) in [6.07, 6.45) is 1.34. The van der Waals surface area contributed by atoms with Crippen molar-refractivity contribution < 1.29 is 12.8 Å². The molecule has 0 radical (unpaired) electrons. The standard InChI is InChI=1S/C10H15FN2O2S/c1-2-3-6-16(14,15)13-10-7-8(11)4-5-9(10)12/h4-5,7,13H,2-3,6,12H2,1H3. The second kappa shape index (κ2) is 5.16. The van der Waals surface area contributed by atoms with Crippen molar-refractivity contribution in [2.45, 2.75) is 19.8 Å². The minimum absolute atomic E-state index is 0.0133. The first-order valence-electron chi connectivity index (χ1n) is 5.00. The van der Waals surface area contributed by atoms with Gasteiger partial charge in [-0.05, 0) is 18.6 Å². The van der Waals surface area contributed by atoms with Crippen molar-refractivity contribution in [3.05, 3.63) is 24.0 Å².